The van der Waals surface area contributed by atoms with E-state index in [2.05, 4.69) is 31.8 Å². The molecule has 0 aliphatic rings. The van der Waals surface area contributed by atoms with E-state index >= 15 is 0 Å². The van der Waals surface area contributed by atoms with E-state index in [0.29, 0.717) is 5.92 Å². The summed E-state index contributed by atoms with van der Waals surface area (Å²) >= 11 is 0. The van der Waals surface area contributed by atoms with Crippen LogP contribution in [-0.2, 0) is 0 Å². The van der Waals surface area contributed by atoms with E-state index < -0.39 is 0 Å². The summed E-state index contributed by atoms with van der Waals surface area (Å²) in [5, 5.41) is 3.15. The summed E-state index contributed by atoms with van der Waals surface area (Å²) < 4.78 is 0. The molecule has 0 fully saturated rings. The third kappa shape index (κ3) is 5.02. The van der Waals surface area contributed by atoms with Crippen LogP contribution in [0.1, 0.15) is 26.7 Å². The largest absolute Gasteiger partial charge is 0.320 e. The minimum Gasteiger partial charge on any atom is -0.320 e. The van der Waals surface area contributed by atoms with Crippen LogP contribution >= 0.6 is 0 Å². The van der Waals surface area contributed by atoms with Crippen LogP contribution in [0.4, 0.5) is 0 Å². The van der Waals surface area contributed by atoms with Gasteiger partial charge in [-0.3, -0.25) is 0 Å². The maximum atomic E-state index is 3.84. The summed E-state index contributed by atoms with van der Waals surface area (Å²) in [6.45, 7) is 9.47. The van der Waals surface area contributed by atoms with Gasteiger partial charge in [-0.05, 0) is 38.3 Å². The van der Waals surface area contributed by atoms with Gasteiger partial charge < -0.3 is 5.32 Å². The van der Waals surface area contributed by atoms with E-state index in [0.717, 1.165) is 12.5 Å². The Kier molecular flexibility index (Phi) is 6.24. The number of hydrogen-bond donors (Lipinski definition) is 1. The lowest BCUT2D eigenvalue weighted by Crippen LogP contribution is -2.11. The van der Waals surface area contributed by atoms with Crippen LogP contribution in [0.15, 0.2) is 12.7 Å². The van der Waals surface area contributed by atoms with E-state index in [-0.39, 0.29) is 0 Å². The van der Waals surface area contributed by atoms with E-state index in [9.17, 15) is 0 Å². The molecule has 1 unspecified atom stereocenters. The molecular formula is C10H21N. The maximum absolute atomic E-state index is 3.84. The molecular weight excluding hydrogens is 134 g/mol. The first-order valence-corrected chi connectivity index (χ1v) is 4.49. The monoisotopic (exact) mass is 155 g/mol. The molecule has 0 aromatic heterocycles. The molecule has 0 radical (unpaired) electrons. The Hall–Kier alpha value is -0.300. The van der Waals surface area contributed by atoms with Gasteiger partial charge in [0.1, 0.15) is 0 Å². The van der Waals surface area contributed by atoms with E-state index in [1.165, 1.54) is 12.8 Å². The Bertz CT molecular complexity index is 97.0. The van der Waals surface area contributed by atoms with Crippen LogP contribution in [0.25, 0.3) is 0 Å². The second-order valence-corrected chi connectivity index (χ2v) is 3.39. The van der Waals surface area contributed by atoms with Gasteiger partial charge in [0.05, 0.1) is 0 Å². The van der Waals surface area contributed by atoms with E-state index in [4.69, 9.17) is 0 Å². The summed E-state index contributed by atoms with van der Waals surface area (Å²) in [6, 6.07) is 0. The Balaban J connectivity index is 3.44. The molecule has 1 atom stereocenters. The van der Waals surface area contributed by atoms with Crippen molar-refractivity contribution in [3.63, 3.8) is 0 Å². The molecule has 0 amide bonds. The van der Waals surface area contributed by atoms with E-state index in [1.807, 2.05) is 7.05 Å². The summed E-state index contributed by atoms with van der Waals surface area (Å²) in [7, 11) is 2.00. The van der Waals surface area contributed by atoms with Crippen molar-refractivity contribution >= 4 is 0 Å². The predicted molar refractivity (Wildman–Crippen MR) is 51.7 cm³/mol. The average Bonchev–Trinajstić information content (AvgIpc) is 1.97. The van der Waals surface area contributed by atoms with Crippen molar-refractivity contribution < 1.29 is 0 Å². The van der Waals surface area contributed by atoms with Gasteiger partial charge in [0, 0.05) is 0 Å². The Labute approximate surface area is 70.9 Å². The van der Waals surface area contributed by atoms with Crippen molar-refractivity contribution in [3.8, 4) is 0 Å². The summed E-state index contributed by atoms with van der Waals surface area (Å²) in [4.78, 5) is 0. The standard InChI is InChI=1S/C10H21N/c1-5-10(9(2)3)7-6-8-11-4/h5,9-11H,1,6-8H2,2-4H3. The van der Waals surface area contributed by atoms with Crippen LogP contribution in [-0.4, -0.2) is 13.6 Å². The highest BCUT2D eigenvalue weighted by Crippen LogP contribution is 2.17. The highest BCUT2D eigenvalue weighted by atomic mass is 14.8. The molecule has 0 heterocycles. The molecule has 0 rings (SSSR count). The van der Waals surface area contributed by atoms with Crippen LogP contribution in [0.5, 0.6) is 0 Å². The first-order chi connectivity index (χ1) is 5.22. The van der Waals surface area contributed by atoms with Crippen molar-refractivity contribution in [2.45, 2.75) is 26.7 Å². The van der Waals surface area contributed by atoms with Gasteiger partial charge in [-0.15, -0.1) is 6.58 Å². The fraction of sp³-hybridized carbons (Fsp3) is 0.800. The first-order valence-electron chi connectivity index (χ1n) is 4.49. The number of nitrogens with one attached hydrogen (secondary N) is 1. The topological polar surface area (TPSA) is 12.0 Å². The molecule has 1 heteroatoms. The highest BCUT2D eigenvalue weighted by molar-refractivity contribution is 4.81. The molecule has 0 saturated heterocycles. The minimum atomic E-state index is 0.698. The second kappa shape index (κ2) is 6.41. The lowest BCUT2D eigenvalue weighted by atomic mass is 9.91. The molecule has 0 spiro atoms. The molecule has 66 valence electrons. The molecule has 11 heavy (non-hydrogen) atoms. The molecule has 1 nitrogen and oxygen atoms in total. The zero-order chi connectivity index (χ0) is 8.69. The third-order valence-electron chi connectivity index (χ3n) is 2.12. The fourth-order valence-corrected chi connectivity index (χ4v) is 1.24. The SMILES string of the molecule is C=CC(CCCNC)C(C)C. The molecule has 0 aliphatic heterocycles. The Morgan fingerprint density at radius 3 is 2.45 bits per heavy atom. The van der Waals surface area contributed by atoms with Crippen LogP contribution in [0.3, 0.4) is 0 Å². The normalized spacial score (nSPS) is 13.5. The minimum absolute atomic E-state index is 0.698. The number of hydrogen-bond acceptors (Lipinski definition) is 1. The van der Waals surface area contributed by atoms with Crippen molar-refractivity contribution in [1.29, 1.82) is 0 Å². The van der Waals surface area contributed by atoms with Crippen molar-refractivity contribution in [1.82, 2.24) is 5.32 Å². The summed E-state index contributed by atoms with van der Waals surface area (Å²) in [6.07, 6.45) is 4.60. The van der Waals surface area contributed by atoms with Crippen molar-refractivity contribution in [3.05, 3.63) is 12.7 Å². The highest BCUT2D eigenvalue weighted by Gasteiger charge is 2.07. The van der Waals surface area contributed by atoms with Crippen LogP contribution < -0.4 is 5.32 Å². The van der Waals surface area contributed by atoms with Gasteiger partial charge in [0.15, 0.2) is 0 Å². The lowest BCUT2D eigenvalue weighted by molar-refractivity contribution is 0.422. The number of rotatable bonds is 6. The average molecular weight is 155 g/mol. The second-order valence-electron chi connectivity index (χ2n) is 3.39. The Morgan fingerprint density at radius 1 is 1.45 bits per heavy atom. The van der Waals surface area contributed by atoms with Gasteiger partial charge in [0.25, 0.3) is 0 Å². The quantitative estimate of drug-likeness (QED) is 0.459. The Morgan fingerprint density at radius 2 is 2.09 bits per heavy atom. The molecule has 0 bridgehead atoms. The van der Waals surface area contributed by atoms with Crippen molar-refractivity contribution in [2.75, 3.05) is 13.6 Å². The molecule has 0 aromatic carbocycles. The third-order valence-corrected chi connectivity index (χ3v) is 2.12. The number of allylic oxidation sites excluding steroid dienone is 1. The van der Waals surface area contributed by atoms with Crippen LogP contribution in [0, 0.1) is 11.8 Å². The van der Waals surface area contributed by atoms with Crippen molar-refractivity contribution in [2.24, 2.45) is 11.8 Å². The molecule has 1 N–H and O–H groups in total. The molecule has 0 aromatic rings. The molecule has 0 aliphatic carbocycles. The van der Waals surface area contributed by atoms with Gasteiger partial charge in [-0.1, -0.05) is 19.9 Å². The van der Waals surface area contributed by atoms with Gasteiger partial charge in [-0.2, -0.15) is 0 Å². The zero-order valence-corrected chi connectivity index (χ0v) is 8.06. The molecule has 0 saturated carbocycles. The van der Waals surface area contributed by atoms with E-state index in [1.54, 1.807) is 0 Å². The summed E-state index contributed by atoms with van der Waals surface area (Å²) in [5.41, 5.74) is 0. The van der Waals surface area contributed by atoms with Gasteiger partial charge >= 0.3 is 0 Å². The smallest absolute Gasteiger partial charge is 0.00517 e. The first kappa shape index (κ1) is 10.7. The zero-order valence-electron chi connectivity index (χ0n) is 8.06. The van der Waals surface area contributed by atoms with Gasteiger partial charge in [-0.25, -0.2) is 0 Å². The fourth-order valence-electron chi connectivity index (χ4n) is 1.24. The summed E-state index contributed by atoms with van der Waals surface area (Å²) in [5.74, 6) is 1.44. The lowest BCUT2D eigenvalue weighted by Gasteiger charge is -2.15. The van der Waals surface area contributed by atoms with Crippen LogP contribution in [0.2, 0.25) is 0 Å². The van der Waals surface area contributed by atoms with Gasteiger partial charge in [0.2, 0.25) is 0 Å². The predicted octanol–water partition coefficient (Wildman–Crippen LogP) is 2.44. The maximum Gasteiger partial charge on any atom is -0.00517 e.